The van der Waals surface area contributed by atoms with Crippen LogP contribution in [0.4, 0.5) is 0 Å². The molecular formula is C11H17IO. The Balaban J connectivity index is 2.31. The fraction of sp³-hybridized carbons (Fsp3) is 0.818. The molecule has 0 aromatic heterocycles. The van der Waals surface area contributed by atoms with Gasteiger partial charge < -0.3 is 4.74 Å². The molecule has 1 unspecified atom stereocenters. The van der Waals surface area contributed by atoms with Gasteiger partial charge in [0, 0.05) is 4.43 Å². The Hall–Kier alpha value is 0.250. The third-order valence-electron chi connectivity index (χ3n) is 2.62. The van der Waals surface area contributed by atoms with Gasteiger partial charge in [0.1, 0.15) is 6.10 Å². The molecule has 1 aliphatic rings. The summed E-state index contributed by atoms with van der Waals surface area (Å²) in [6.45, 7) is 0.798. The predicted molar refractivity (Wildman–Crippen MR) is 64.0 cm³/mol. The molecule has 2 heteroatoms. The number of alkyl halides is 1. The summed E-state index contributed by atoms with van der Waals surface area (Å²) in [6.07, 6.45) is 12.1. The topological polar surface area (TPSA) is 9.23 Å². The second-order valence-electron chi connectivity index (χ2n) is 3.55. The zero-order valence-corrected chi connectivity index (χ0v) is 10.1. The number of hydrogen-bond acceptors (Lipinski definition) is 1. The van der Waals surface area contributed by atoms with Gasteiger partial charge in [-0.2, -0.15) is 0 Å². The molecule has 1 nitrogen and oxygen atoms in total. The highest BCUT2D eigenvalue weighted by Gasteiger charge is 2.22. The highest BCUT2D eigenvalue weighted by atomic mass is 127. The van der Waals surface area contributed by atoms with E-state index in [1.54, 1.807) is 0 Å². The van der Waals surface area contributed by atoms with Crippen molar-refractivity contribution in [3.63, 3.8) is 0 Å². The first-order chi connectivity index (χ1) is 6.38. The number of terminal acetylenes is 1. The number of halogens is 1. The van der Waals surface area contributed by atoms with Gasteiger partial charge in [-0.3, -0.25) is 0 Å². The molecule has 0 N–H and O–H groups in total. The molecule has 0 aliphatic heterocycles. The lowest BCUT2D eigenvalue weighted by molar-refractivity contribution is 0.0490. The van der Waals surface area contributed by atoms with E-state index in [0.29, 0.717) is 5.92 Å². The van der Waals surface area contributed by atoms with E-state index in [1.165, 1.54) is 32.1 Å². The third kappa shape index (κ3) is 3.86. The normalized spacial score (nSPS) is 20.9. The predicted octanol–water partition coefficient (Wildman–Crippen LogP) is 3.02. The molecule has 0 spiro atoms. The quantitative estimate of drug-likeness (QED) is 0.440. The molecule has 0 bridgehead atoms. The van der Waals surface area contributed by atoms with Gasteiger partial charge in [-0.25, -0.2) is 0 Å². The SMILES string of the molecule is C#CC(OCCI)C1CCCCC1. The van der Waals surface area contributed by atoms with Crippen molar-refractivity contribution in [2.75, 3.05) is 11.0 Å². The highest BCUT2D eigenvalue weighted by Crippen LogP contribution is 2.27. The minimum Gasteiger partial charge on any atom is -0.364 e. The molecule has 0 heterocycles. The van der Waals surface area contributed by atoms with Crippen molar-refractivity contribution in [1.82, 2.24) is 0 Å². The number of ether oxygens (including phenoxy) is 1. The lowest BCUT2D eigenvalue weighted by Crippen LogP contribution is -2.25. The van der Waals surface area contributed by atoms with Crippen molar-refractivity contribution in [3.05, 3.63) is 0 Å². The monoisotopic (exact) mass is 292 g/mol. The van der Waals surface area contributed by atoms with Crippen molar-refractivity contribution >= 4 is 22.6 Å². The molecule has 0 amide bonds. The van der Waals surface area contributed by atoms with Crippen LogP contribution in [0, 0.1) is 18.3 Å². The van der Waals surface area contributed by atoms with E-state index in [4.69, 9.17) is 11.2 Å². The summed E-state index contributed by atoms with van der Waals surface area (Å²) in [7, 11) is 0. The van der Waals surface area contributed by atoms with Gasteiger partial charge >= 0.3 is 0 Å². The first kappa shape index (κ1) is 11.3. The van der Waals surface area contributed by atoms with E-state index in [2.05, 4.69) is 28.5 Å². The summed E-state index contributed by atoms with van der Waals surface area (Å²) in [5.74, 6) is 3.41. The van der Waals surface area contributed by atoms with Gasteiger partial charge in [0.25, 0.3) is 0 Å². The number of hydrogen-bond donors (Lipinski definition) is 0. The zero-order chi connectivity index (χ0) is 9.52. The molecule has 0 saturated heterocycles. The molecule has 1 saturated carbocycles. The summed E-state index contributed by atoms with van der Waals surface area (Å²) < 4.78 is 6.67. The molecule has 74 valence electrons. The zero-order valence-electron chi connectivity index (χ0n) is 7.97. The lowest BCUT2D eigenvalue weighted by Gasteiger charge is -2.26. The van der Waals surface area contributed by atoms with Crippen LogP contribution in [-0.2, 0) is 4.74 Å². The second-order valence-corrected chi connectivity index (χ2v) is 4.62. The fourth-order valence-electron chi connectivity index (χ4n) is 1.93. The van der Waals surface area contributed by atoms with Crippen molar-refractivity contribution < 1.29 is 4.74 Å². The van der Waals surface area contributed by atoms with Gasteiger partial charge in [-0.15, -0.1) is 6.42 Å². The minimum atomic E-state index is 0.0788. The van der Waals surface area contributed by atoms with Crippen molar-refractivity contribution in [1.29, 1.82) is 0 Å². The Bertz CT molecular complexity index is 167. The van der Waals surface area contributed by atoms with Gasteiger partial charge in [-0.05, 0) is 18.8 Å². The van der Waals surface area contributed by atoms with Crippen molar-refractivity contribution in [3.8, 4) is 12.3 Å². The average molecular weight is 292 g/mol. The van der Waals surface area contributed by atoms with E-state index in [1.807, 2.05) is 0 Å². The summed E-state index contributed by atoms with van der Waals surface area (Å²) in [5, 5.41) is 0. The lowest BCUT2D eigenvalue weighted by atomic mass is 9.85. The largest absolute Gasteiger partial charge is 0.364 e. The molecule has 13 heavy (non-hydrogen) atoms. The Kier molecular flexibility index (Phi) is 5.81. The standard InChI is InChI=1S/C11H17IO/c1-2-11(13-9-8-12)10-6-4-3-5-7-10/h1,10-11H,3-9H2. The van der Waals surface area contributed by atoms with E-state index in [-0.39, 0.29) is 6.10 Å². The molecule has 1 rings (SSSR count). The summed E-state index contributed by atoms with van der Waals surface area (Å²) in [4.78, 5) is 0. The van der Waals surface area contributed by atoms with Crippen LogP contribution in [0.15, 0.2) is 0 Å². The van der Waals surface area contributed by atoms with Gasteiger partial charge in [0.05, 0.1) is 6.61 Å². The Morgan fingerprint density at radius 3 is 2.62 bits per heavy atom. The third-order valence-corrected chi connectivity index (χ3v) is 3.06. The van der Waals surface area contributed by atoms with Gasteiger partial charge in [0.2, 0.25) is 0 Å². The maximum absolute atomic E-state index is 5.64. The van der Waals surface area contributed by atoms with Crippen molar-refractivity contribution in [2.24, 2.45) is 5.92 Å². The Morgan fingerprint density at radius 2 is 2.08 bits per heavy atom. The molecule has 0 aromatic rings. The van der Waals surface area contributed by atoms with Gasteiger partial charge in [-0.1, -0.05) is 47.8 Å². The smallest absolute Gasteiger partial charge is 0.120 e. The van der Waals surface area contributed by atoms with E-state index < -0.39 is 0 Å². The summed E-state index contributed by atoms with van der Waals surface area (Å²) >= 11 is 2.31. The van der Waals surface area contributed by atoms with Crippen LogP contribution >= 0.6 is 22.6 Å². The van der Waals surface area contributed by atoms with E-state index >= 15 is 0 Å². The molecular weight excluding hydrogens is 275 g/mol. The van der Waals surface area contributed by atoms with Crippen LogP contribution in [0.25, 0.3) is 0 Å². The van der Waals surface area contributed by atoms with Crippen LogP contribution in [-0.4, -0.2) is 17.1 Å². The van der Waals surface area contributed by atoms with Crippen LogP contribution in [0.5, 0.6) is 0 Å². The van der Waals surface area contributed by atoms with Crippen LogP contribution in [0.3, 0.4) is 0 Å². The summed E-state index contributed by atoms with van der Waals surface area (Å²) in [5.41, 5.74) is 0. The Labute approximate surface area is 94.8 Å². The maximum atomic E-state index is 5.64. The molecule has 1 atom stereocenters. The first-order valence-corrected chi connectivity index (χ1v) is 6.54. The van der Waals surface area contributed by atoms with Crippen LogP contribution in [0.1, 0.15) is 32.1 Å². The fourth-order valence-corrected chi connectivity index (χ4v) is 2.18. The minimum absolute atomic E-state index is 0.0788. The van der Waals surface area contributed by atoms with E-state index in [9.17, 15) is 0 Å². The number of rotatable bonds is 4. The van der Waals surface area contributed by atoms with Crippen molar-refractivity contribution in [2.45, 2.75) is 38.2 Å². The van der Waals surface area contributed by atoms with Gasteiger partial charge in [0.15, 0.2) is 0 Å². The molecule has 1 fully saturated rings. The van der Waals surface area contributed by atoms with E-state index in [0.717, 1.165) is 11.0 Å². The maximum Gasteiger partial charge on any atom is 0.120 e. The molecule has 1 aliphatic carbocycles. The Morgan fingerprint density at radius 1 is 1.38 bits per heavy atom. The average Bonchev–Trinajstić information content (AvgIpc) is 2.21. The second kappa shape index (κ2) is 6.67. The van der Waals surface area contributed by atoms with Crippen LogP contribution in [0.2, 0.25) is 0 Å². The first-order valence-electron chi connectivity index (χ1n) is 5.02. The molecule has 0 aromatic carbocycles. The highest BCUT2D eigenvalue weighted by molar-refractivity contribution is 14.1. The van der Waals surface area contributed by atoms with Crippen LogP contribution < -0.4 is 0 Å². The molecule has 0 radical (unpaired) electrons. The summed E-state index contributed by atoms with van der Waals surface area (Å²) in [6, 6.07) is 0.